The summed E-state index contributed by atoms with van der Waals surface area (Å²) in [5.74, 6) is 0.126. The summed E-state index contributed by atoms with van der Waals surface area (Å²) in [6.07, 6.45) is 2.52. The van der Waals surface area contributed by atoms with Gasteiger partial charge in [0.1, 0.15) is 0 Å². The number of amides is 1. The molecular weight excluding hydrogens is 220 g/mol. The Bertz CT molecular complexity index is 384. The third-order valence-corrected chi connectivity index (χ3v) is 3.00. The SMILES string of the molecule is CN(CCN1CCCC1)C(=O)c1nc(N)n[nH]1. The molecule has 1 aromatic rings. The van der Waals surface area contributed by atoms with Crippen molar-refractivity contribution in [3.8, 4) is 0 Å². The third kappa shape index (κ3) is 2.94. The van der Waals surface area contributed by atoms with Crippen LogP contribution in [0.1, 0.15) is 23.5 Å². The first-order valence-electron chi connectivity index (χ1n) is 5.82. The fraction of sp³-hybridized carbons (Fsp3) is 0.700. The van der Waals surface area contributed by atoms with E-state index in [4.69, 9.17) is 5.73 Å². The second-order valence-corrected chi connectivity index (χ2v) is 4.32. The number of H-pyrrole nitrogens is 1. The lowest BCUT2D eigenvalue weighted by atomic mass is 10.4. The molecule has 1 saturated heterocycles. The van der Waals surface area contributed by atoms with Crippen molar-refractivity contribution < 1.29 is 4.79 Å². The highest BCUT2D eigenvalue weighted by Crippen LogP contribution is 2.07. The zero-order valence-corrected chi connectivity index (χ0v) is 10.0. The Labute approximate surface area is 100.0 Å². The number of likely N-dealkylation sites (tertiary alicyclic amines) is 1. The molecule has 0 saturated carbocycles. The molecule has 0 aliphatic carbocycles. The summed E-state index contributed by atoms with van der Waals surface area (Å²) in [4.78, 5) is 19.7. The molecule has 1 aliphatic heterocycles. The van der Waals surface area contributed by atoms with Crippen molar-refractivity contribution in [1.29, 1.82) is 0 Å². The van der Waals surface area contributed by atoms with E-state index in [2.05, 4.69) is 20.1 Å². The first-order valence-corrected chi connectivity index (χ1v) is 5.82. The lowest BCUT2D eigenvalue weighted by Gasteiger charge is -2.20. The van der Waals surface area contributed by atoms with Crippen LogP contribution in [0, 0.1) is 0 Å². The van der Waals surface area contributed by atoms with Gasteiger partial charge < -0.3 is 15.5 Å². The van der Waals surface area contributed by atoms with E-state index >= 15 is 0 Å². The van der Waals surface area contributed by atoms with Gasteiger partial charge in [-0.15, -0.1) is 5.10 Å². The second kappa shape index (κ2) is 5.13. The minimum atomic E-state index is -0.173. The molecule has 0 aromatic carbocycles. The number of hydrogen-bond acceptors (Lipinski definition) is 5. The molecule has 1 aromatic heterocycles. The van der Waals surface area contributed by atoms with Crippen LogP contribution in [0.4, 0.5) is 5.95 Å². The Morgan fingerprint density at radius 2 is 2.24 bits per heavy atom. The molecule has 0 atom stereocenters. The Balaban J connectivity index is 1.82. The van der Waals surface area contributed by atoms with Crippen LogP contribution in [0.3, 0.4) is 0 Å². The van der Waals surface area contributed by atoms with E-state index in [1.54, 1.807) is 11.9 Å². The number of carbonyl (C=O) groups excluding carboxylic acids is 1. The van der Waals surface area contributed by atoms with Crippen molar-refractivity contribution >= 4 is 11.9 Å². The number of aromatic nitrogens is 3. The normalized spacial score (nSPS) is 16.3. The van der Waals surface area contributed by atoms with Gasteiger partial charge in [0.25, 0.3) is 5.91 Å². The van der Waals surface area contributed by atoms with Crippen LogP contribution in [0.5, 0.6) is 0 Å². The topological polar surface area (TPSA) is 91.1 Å². The average Bonchev–Trinajstić information content (AvgIpc) is 2.95. The van der Waals surface area contributed by atoms with E-state index in [1.165, 1.54) is 12.8 Å². The van der Waals surface area contributed by atoms with Crippen LogP contribution in [0.15, 0.2) is 0 Å². The number of rotatable bonds is 4. The lowest BCUT2D eigenvalue weighted by molar-refractivity contribution is 0.0771. The van der Waals surface area contributed by atoms with Crippen LogP contribution in [-0.4, -0.2) is 64.1 Å². The summed E-state index contributed by atoms with van der Waals surface area (Å²) in [7, 11) is 1.76. The molecule has 0 radical (unpaired) electrons. The van der Waals surface area contributed by atoms with Gasteiger partial charge in [0.15, 0.2) is 0 Å². The summed E-state index contributed by atoms with van der Waals surface area (Å²) in [6, 6.07) is 0. The van der Waals surface area contributed by atoms with Gasteiger partial charge in [-0.1, -0.05) is 0 Å². The molecular formula is C10H18N6O. The molecule has 94 valence electrons. The maximum atomic E-state index is 11.9. The first kappa shape index (κ1) is 11.8. The smallest absolute Gasteiger partial charge is 0.291 e. The number of hydrogen-bond donors (Lipinski definition) is 2. The van der Waals surface area contributed by atoms with Gasteiger partial charge in [-0.05, 0) is 25.9 Å². The molecule has 17 heavy (non-hydrogen) atoms. The Morgan fingerprint density at radius 1 is 1.53 bits per heavy atom. The quantitative estimate of drug-likeness (QED) is 0.741. The molecule has 1 amide bonds. The van der Waals surface area contributed by atoms with Gasteiger partial charge in [0, 0.05) is 20.1 Å². The predicted molar refractivity (Wildman–Crippen MR) is 63.4 cm³/mol. The molecule has 7 heteroatoms. The van der Waals surface area contributed by atoms with Crippen molar-refractivity contribution in [3.05, 3.63) is 5.82 Å². The molecule has 3 N–H and O–H groups in total. The number of anilines is 1. The van der Waals surface area contributed by atoms with Crippen LogP contribution >= 0.6 is 0 Å². The lowest BCUT2D eigenvalue weighted by Crippen LogP contribution is -2.35. The minimum absolute atomic E-state index is 0.0984. The van der Waals surface area contributed by atoms with E-state index in [-0.39, 0.29) is 17.7 Å². The van der Waals surface area contributed by atoms with Crippen molar-refractivity contribution in [1.82, 2.24) is 25.0 Å². The molecule has 1 fully saturated rings. The molecule has 7 nitrogen and oxygen atoms in total. The second-order valence-electron chi connectivity index (χ2n) is 4.32. The van der Waals surface area contributed by atoms with Crippen molar-refractivity contribution in [2.75, 3.05) is 39.0 Å². The van der Waals surface area contributed by atoms with E-state index < -0.39 is 0 Å². The molecule has 2 rings (SSSR count). The maximum absolute atomic E-state index is 11.9. The fourth-order valence-electron chi connectivity index (χ4n) is 1.95. The van der Waals surface area contributed by atoms with Gasteiger partial charge in [0.2, 0.25) is 11.8 Å². The van der Waals surface area contributed by atoms with Crippen LogP contribution in [0.25, 0.3) is 0 Å². The maximum Gasteiger partial charge on any atom is 0.291 e. The molecule has 1 aliphatic rings. The minimum Gasteiger partial charge on any atom is -0.366 e. The van der Waals surface area contributed by atoms with Crippen LogP contribution in [0.2, 0.25) is 0 Å². The number of nitrogens with one attached hydrogen (secondary N) is 1. The van der Waals surface area contributed by atoms with Gasteiger partial charge in [-0.3, -0.25) is 9.89 Å². The average molecular weight is 238 g/mol. The highest BCUT2D eigenvalue weighted by atomic mass is 16.2. The summed E-state index contributed by atoms with van der Waals surface area (Å²) >= 11 is 0. The van der Waals surface area contributed by atoms with Crippen LogP contribution in [-0.2, 0) is 0 Å². The summed E-state index contributed by atoms with van der Waals surface area (Å²) in [5.41, 5.74) is 5.36. The van der Waals surface area contributed by atoms with Gasteiger partial charge in [0.05, 0.1) is 0 Å². The van der Waals surface area contributed by atoms with Crippen LogP contribution < -0.4 is 5.73 Å². The highest BCUT2D eigenvalue weighted by Gasteiger charge is 2.17. The van der Waals surface area contributed by atoms with Crippen molar-refractivity contribution in [3.63, 3.8) is 0 Å². The monoisotopic (exact) mass is 238 g/mol. The molecule has 0 unspecified atom stereocenters. The Morgan fingerprint density at radius 3 is 2.82 bits per heavy atom. The number of aromatic amines is 1. The van der Waals surface area contributed by atoms with E-state index in [0.717, 1.165) is 19.6 Å². The number of nitrogen functional groups attached to an aromatic ring is 1. The summed E-state index contributed by atoms with van der Waals surface area (Å²) in [5, 5.41) is 6.16. The number of likely N-dealkylation sites (N-methyl/N-ethyl adjacent to an activating group) is 1. The number of nitrogens with two attached hydrogens (primary N) is 1. The summed E-state index contributed by atoms with van der Waals surface area (Å²) < 4.78 is 0. The molecule has 2 heterocycles. The highest BCUT2D eigenvalue weighted by molar-refractivity contribution is 5.90. The Hall–Kier alpha value is -1.63. The van der Waals surface area contributed by atoms with Crippen molar-refractivity contribution in [2.24, 2.45) is 0 Å². The Kier molecular flexibility index (Phi) is 3.58. The number of carbonyl (C=O) groups is 1. The molecule has 0 bridgehead atoms. The standard InChI is InChI=1S/C10H18N6O/c1-15(6-7-16-4-2-3-5-16)9(17)8-12-10(11)14-13-8/h2-7H2,1H3,(H3,11,12,13,14). The molecule has 0 spiro atoms. The predicted octanol–water partition coefficient (Wildman–Crippen LogP) is -0.445. The largest absolute Gasteiger partial charge is 0.366 e. The van der Waals surface area contributed by atoms with Gasteiger partial charge >= 0.3 is 0 Å². The zero-order valence-electron chi connectivity index (χ0n) is 10.0. The first-order chi connectivity index (χ1) is 8.16. The van der Waals surface area contributed by atoms with Gasteiger partial charge in [-0.2, -0.15) is 4.98 Å². The number of nitrogens with zero attached hydrogens (tertiary/aromatic N) is 4. The van der Waals surface area contributed by atoms with E-state index in [9.17, 15) is 4.79 Å². The summed E-state index contributed by atoms with van der Waals surface area (Å²) in [6.45, 7) is 3.87. The third-order valence-electron chi connectivity index (χ3n) is 3.00. The van der Waals surface area contributed by atoms with Gasteiger partial charge in [-0.25, -0.2) is 0 Å². The van der Waals surface area contributed by atoms with E-state index in [1.807, 2.05) is 0 Å². The van der Waals surface area contributed by atoms with E-state index in [0.29, 0.717) is 6.54 Å². The zero-order chi connectivity index (χ0) is 12.3. The van der Waals surface area contributed by atoms with Crippen molar-refractivity contribution in [2.45, 2.75) is 12.8 Å². The fourth-order valence-corrected chi connectivity index (χ4v) is 1.95.